The SMILES string of the molecule is Cc1[nH]c2ccc(C(=O)NC[C@H]3CN(Cc4ccccc4)CCO3)cc2c1C. The molecule has 2 heterocycles. The maximum Gasteiger partial charge on any atom is 0.251 e. The second-order valence-electron chi connectivity index (χ2n) is 7.56. The largest absolute Gasteiger partial charge is 0.374 e. The Morgan fingerprint density at radius 1 is 1.21 bits per heavy atom. The number of benzene rings is 2. The Labute approximate surface area is 165 Å². The number of aromatic nitrogens is 1. The summed E-state index contributed by atoms with van der Waals surface area (Å²) in [7, 11) is 0. The van der Waals surface area contributed by atoms with Crippen LogP contribution in [-0.2, 0) is 11.3 Å². The fourth-order valence-electron chi connectivity index (χ4n) is 3.80. The van der Waals surface area contributed by atoms with Gasteiger partial charge in [-0.25, -0.2) is 0 Å². The molecule has 0 unspecified atom stereocenters. The Balaban J connectivity index is 1.34. The number of nitrogens with zero attached hydrogens (tertiary/aromatic N) is 1. The summed E-state index contributed by atoms with van der Waals surface area (Å²) in [6, 6.07) is 16.3. The van der Waals surface area contributed by atoms with Crippen molar-refractivity contribution in [1.82, 2.24) is 15.2 Å². The van der Waals surface area contributed by atoms with Gasteiger partial charge in [-0.2, -0.15) is 0 Å². The van der Waals surface area contributed by atoms with E-state index < -0.39 is 0 Å². The number of ether oxygens (including phenoxy) is 1. The Kier molecular flexibility index (Phi) is 5.46. The molecule has 28 heavy (non-hydrogen) atoms. The van der Waals surface area contributed by atoms with Gasteiger partial charge in [0.25, 0.3) is 5.91 Å². The first-order valence-electron chi connectivity index (χ1n) is 9.85. The highest BCUT2D eigenvalue weighted by atomic mass is 16.5. The molecule has 5 heteroatoms. The van der Waals surface area contributed by atoms with Gasteiger partial charge in [-0.3, -0.25) is 9.69 Å². The number of carbonyl (C=O) groups excluding carboxylic acids is 1. The summed E-state index contributed by atoms with van der Waals surface area (Å²) < 4.78 is 5.86. The monoisotopic (exact) mass is 377 g/mol. The molecule has 1 amide bonds. The summed E-state index contributed by atoms with van der Waals surface area (Å²) >= 11 is 0. The molecule has 0 saturated carbocycles. The highest BCUT2D eigenvalue weighted by Crippen LogP contribution is 2.22. The van der Waals surface area contributed by atoms with Crippen LogP contribution in [0.15, 0.2) is 48.5 Å². The molecule has 3 aromatic rings. The van der Waals surface area contributed by atoms with E-state index in [1.807, 2.05) is 24.3 Å². The van der Waals surface area contributed by atoms with E-state index in [0.717, 1.165) is 36.2 Å². The van der Waals surface area contributed by atoms with Crippen molar-refractivity contribution >= 4 is 16.8 Å². The van der Waals surface area contributed by atoms with Crippen LogP contribution >= 0.6 is 0 Å². The zero-order valence-electron chi connectivity index (χ0n) is 16.5. The lowest BCUT2D eigenvalue weighted by Gasteiger charge is -2.33. The third-order valence-corrected chi connectivity index (χ3v) is 5.53. The lowest BCUT2D eigenvalue weighted by Crippen LogP contribution is -2.47. The first kappa shape index (κ1) is 18.7. The lowest BCUT2D eigenvalue weighted by atomic mass is 10.1. The molecule has 1 aliphatic rings. The molecule has 0 aliphatic carbocycles. The number of amides is 1. The van der Waals surface area contributed by atoms with Gasteiger partial charge in [0, 0.05) is 48.3 Å². The number of hydrogen-bond donors (Lipinski definition) is 2. The topological polar surface area (TPSA) is 57.4 Å². The number of morpholine rings is 1. The molecule has 1 aliphatic heterocycles. The first-order chi connectivity index (χ1) is 13.6. The number of nitrogens with one attached hydrogen (secondary N) is 2. The minimum absolute atomic E-state index is 0.0152. The highest BCUT2D eigenvalue weighted by molar-refractivity contribution is 5.99. The fraction of sp³-hybridized carbons (Fsp3) is 0.348. The molecule has 0 radical (unpaired) electrons. The minimum Gasteiger partial charge on any atom is -0.374 e. The lowest BCUT2D eigenvalue weighted by molar-refractivity contribution is -0.0292. The van der Waals surface area contributed by atoms with Crippen molar-refractivity contribution in [3.8, 4) is 0 Å². The summed E-state index contributed by atoms with van der Waals surface area (Å²) in [4.78, 5) is 18.4. The van der Waals surface area contributed by atoms with Crippen molar-refractivity contribution in [2.24, 2.45) is 0 Å². The molecule has 0 bridgehead atoms. The zero-order chi connectivity index (χ0) is 19.5. The van der Waals surface area contributed by atoms with Gasteiger partial charge in [0.1, 0.15) is 0 Å². The Hall–Kier alpha value is -2.63. The van der Waals surface area contributed by atoms with E-state index in [9.17, 15) is 4.79 Å². The van der Waals surface area contributed by atoms with Crippen LogP contribution in [0.5, 0.6) is 0 Å². The number of rotatable bonds is 5. The van der Waals surface area contributed by atoms with Crippen LogP contribution in [0.4, 0.5) is 0 Å². The molecule has 2 aromatic carbocycles. The third-order valence-electron chi connectivity index (χ3n) is 5.53. The Morgan fingerprint density at radius 3 is 2.86 bits per heavy atom. The molecule has 146 valence electrons. The van der Waals surface area contributed by atoms with Gasteiger partial charge < -0.3 is 15.0 Å². The van der Waals surface area contributed by atoms with Crippen LogP contribution in [-0.4, -0.2) is 48.1 Å². The Bertz CT molecular complexity index is 965. The number of fused-ring (bicyclic) bond motifs is 1. The van der Waals surface area contributed by atoms with Crippen LogP contribution in [0.3, 0.4) is 0 Å². The Morgan fingerprint density at radius 2 is 2.04 bits per heavy atom. The zero-order valence-corrected chi connectivity index (χ0v) is 16.5. The summed E-state index contributed by atoms with van der Waals surface area (Å²) in [6.07, 6.45) is 0.0152. The summed E-state index contributed by atoms with van der Waals surface area (Å²) in [5.74, 6) is -0.0519. The third kappa shape index (κ3) is 4.11. The van der Waals surface area contributed by atoms with E-state index in [2.05, 4.69) is 53.3 Å². The number of hydrogen-bond acceptors (Lipinski definition) is 3. The molecule has 1 atom stereocenters. The predicted molar refractivity (Wildman–Crippen MR) is 112 cm³/mol. The molecule has 2 N–H and O–H groups in total. The molecule has 1 aromatic heterocycles. The second kappa shape index (κ2) is 8.17. The van der Waals surface area contributed by atoms with Crippen molar-refractivity contribution < 1.29 is 9.53 Å². The maximum atomic E-state index is 12.6. The van der Waals surface area contributed by atoms with Crippen molar-refractivity contribution in [3.05, 3.63) is 70.9 Å². The van der Waals surface area contributed by atoms with Gasteiger partial charge in [-0.1, -0.05) is 30.3 Å². The second-order valence-corrected chi connectivity index (χ2v) is 7.56. The molecule has 5 nitrogen and oxygen atoms in total. The van der Waals surface area contributed by atoms with Crippen molar-refractivity contribution in [3.63, 3.8) is 0 Å². The standard InChI is InChI=1S/C23H27N3O2/c1-16-17(2)25-22-9-8-19(12-21(16)22)23(27)24-13-20-15-26(10-11-28-20)14-18-6-4-3-5-7-18/h3-9,12,20,25H,10-11,13-15H2,1-2H3,(H,24,27)/t20-/m0/s1. The summed E-state index contributed by atoms with van der Waals surface area (Å²) in [5.41, 5.74) is 5.39. The van der Waals surface area contributed by atoms with E-state index in [4.69, 9.17) is 4.74 Å². The number of H-pyrrole nitrogens is 1. The van der Waals surface area contributed by atoms with E-state index >= 15 is 0 Å². The number of aryl methyl sites for hydroxylation is 2. The summed E-state index contributed by atoms with van der Waals surface area (Å²) in [6.45, 7) is 8.00. The van der Waals surface area contributed by atoms with E-state index in [1.54, 1.807) is 0 Å². The minimum atomic E-state index is -0.0519. The average molecular weight is 377 g/mol. The average Bonchev–Trinajstić information content (AvgIpc) is 3.00. The smallest absolute Gasteiger partial charge is 0.251 e. The molecule has 4 rings (SSSR count). The molecule has 0 spiro atoms. The van der Waals surface area contributed by atoms with Gasteiger partial charge in [-0.05, 0) is 43.2 Å². The van der Waals surface area contributed by atoms with E-state index in [0.29, 0.717) is 18.7 Å². The van der Waals surface area contributed by atoms with E-state index in [-0.39, 0.29) is 12.0 Å². The normalized spacial score (nSPS) is 17.7. The predicted octanol–water partition coefficient (Wildman–Crippen LogP) is 3.42. The molecular weight excluding hydrogens is 350 g/mol. The van der Waals surface area contributed by atoms with Gasteiger partial charge in [0.15, 0.2) is 0 Å². The van der Waals surface area contributed by atoms with Crippen LogP contribution in [0, 0.1) is 13.8 Å². The summed E-state index contributed by atoms with van der Waals surface area (Å²) in [5, 5.41) is 4.15. The highest BCUT2D eigenvalue weighted by Gasteiger charge is 2.21. The van der Waals surface area contributed by atoms with Crippen LogP contribution in [0.1, 0.15) is 27.2 Å². The molecular formula is C23H27N3O2. The van der Waals surface area contributed by atoms with Crippen LogP contribution in [0.25, 0.3) is 10.9 Å². The van der Waals surface area contributed by atoms with Crippen molar-refractivity contribution in [1.29, 1.82) is 0 Å². The number of aromatic amines is 1. The quantitative estimate of drug-likeness (QED) is 0.716. The van der Waals surface area contributed by atoms with Gasteiger partial charge in [0.2, 0.25) is 0 Å². The van der Waals surface area contributed by atoms with Crippen molar-refractivity contribution in [2.45, 2.75) is 26.5 Å². The molecule has 1 saturated heterocycles. The maximum absolute atomic E-state index is 12.6. The van der Waals surface area contributed by atoms with Crippen LogP contribution in [0.2, 0.25) is 0 Å². The van der Waals surface area contributed by atoms with E-state index in [1.165, 1.54) is 11.1 Å². The molecule has 1 fully saturated rings. The number of carbonyl (C=O) groups is 1. The van der Waals surface area contributed by atoms with Gasteiger partial charge in [0.05, 0.1) is 12.7 Å². The van der Waals surface area contributed by atoms with Gasteiger partial charge >= 0.3 is 0 Å². The van der Waals surface area contributed by atoms with Crippen LogP contribution < -0.4 is 5.32 Å². The van der Waals surface area contributed by atoms with Crippen molar-refractivity contribution in [2.75, 3.05) is 26.2 Å². The van der Waals surface area contributed by atoms with Gasteiger partial charge in [-0.15, -0.1) is 0 Å². The first-order valence-corrected chi connectivity index (χ1v) is 9.85. The fourth-order valence-corrected chi connectivity index (χ4v) is 3.80.